The first-order valence-corrected chi connectivity index (χ1v) is 37.0. The van der Waals surface area contributed by atoms with Gasteiger partial charge in [0.05, 0.1) is 55.0 Å². The molecule has 0 aliphatic carbocycles. The van der Waals surface area contributed by atoms with Crippen molar-refractivity contribution in [3.05, 3.63) is 152 Å². The van der Waals surface area contributed by atoms with Crippen molar-refractivity contribution >= 4 is 88.1 Å². The number of esters is 1. The van der Waals surface area contributed by atoms with Crippen molar-refractivity contribution in [1.29, 1.82) is 0 Å². The number of phenols is 3. The number of halogens is 3. The van der Waals surface area contributed by atoms with Crippen LogP contribution in [0.1, 0.15) is 111 Å². The highest BCUT2D eigenvalue weighted by molar-refractivity contribution is 6.32. The first-order chi connectivity index (χ1) is 54.4. The molecular formula is C76H84Cl3N9O27. The van der Waals surface area contributed by atoms with Gasteiger partial charge in [0, 0.05) is 46.3 Å². The fourth-order valence-corrected chi connectivity index (χ4v) is 14.4. The van der Waals surface area contributed by atoms with Crippen LogP contribution in [0.5, 0.6) is 46.0 Å². The van der Waals surface area contributed by atoms with Crippen molar-refractivity contribution in [3.63, 3.8) is 0 Å². The van der Waals surface area contributed by atoms with Crippen molar-refractivity contribution in [3.8, 4) is 57.1 Å². The van der Waals surface area contributed by atoms with Gasteiger partial charge >= 0.3 is 11.9 Å². The molecule has 19 atom stereocenters. The van der Waals surface area contributed by atoms with Gasteiger partial charge < -0.3 is 138 Å². The summed E-state index contributed by atoms with van der Waals surface area (Å²) in [7, 11) is 1.15. The number of rotatable bonds is 18. The Balaban J connectivity index is 1.10. The zero-order chi connectivity index (χ0) is 83.5. The van der Waals surface area contributed by atoms with E-state index in [2.05, 4.69) is 37.2 Å². The number of aliphatic carboxylic acids is 1. The SMILES string of the molecule is COC(=O)C(CNC1(C)CC(OC2C(Oc3c4cc5cc3Oc3ccc(cc3Cl)[C@@H](O)[C@@H]3NC(=O)C(NC(=O)C5NC(=O)CC(C(N)=O)NC(=O)[C@@H](NC(=O)[C@H](N)CC(C)C)C(O)c5ccc(c(Cl)c5)O4)c4ccc(O)c(c4)-c4c(O)cc(O)cc4C(C(=O)O)NC3=O)OC(CO)C(O)C2O)OC(C)C1O)OCc1ccc(Cl)cc1. The van der Waals surface area contributed by atoms with Gasteiger partial charge in [0.1, 0.15) is 89.5 Å². The second kappa shape index (κ2) is 35.9. The first kappa shape index (κ1) is 85.6. The van der Waals surface area contributed by atoms with Gasteiger partial charge in [-0.3, -0.25) is 33.6 Å². The average Bonchev–Trinajstić information content (AvgIpc) is 0.840. The number of primary amides is 1. The minimum absolute atomic E-state index is 0.0704. The van der Waals surface area contributed by atoms with Crippen molar-refractivity contribution in [2.24, 2.45) is 17.4 Å². The second-order valence-electron chi connectivity index (χ2n) is 28.7. The smallest absolute Gasteiger partial charge is 0.336 e. The number of methoxy groups -OCH3 is 1. The van der Waals surface area contributed by atoms with Gasteiger partial charge in [0.25, 0.3) is 0 Å². The molecule has 616 valence electrons. The number of fused-ring (bicyclic) bond motifs is 16. The van der Waals surface area contributed by atoms with Crippen LogP contribution in [0.3, 0.4) is 0 Å². The summed E-state index contributed by atoms with van der Waals surface area (Å²) < 4.78 is 50.2. The molecule has 2 fully saturated rings. The van der Waals surface area contributed by atoms with Gasteiger partial charge in [-0.1, -0.05) is 79.0 Å². The fraction of sp³-hybridized carbons (Fsp3) is 0.408. The number of amides is 7. The first-order valence-electron chi connectivity index (χ1n) is 35.9. The Morgan fingerprint density at radius 2 is 1.33 bits per heavy atom. The highest BCUT2D eigenvalue weighted by Crippen LogP contribution is 2.50. The minimum Gasteiger partial charge on any atom is -0.508 e. The van der Waals surface area contributed by atoms with E-state index in [1.807, 2.05) is 0 Å². The number of nitrogens with two attached hydrogens (primary N) is 2. The van der Waals surface area contributed by atoms with E-state index in [-0.39, 0.29) is 48.6 Å². The Hall–Kier alpha value is -10.3. The normalized spacial score (nSPS) is 27.6. The lowest BCUT2D eigenvalue weighted by molar-refractivity contribution is -0.334. The zero-order valence-corrected chi connectivity index (χ0v) is 64.0. The number of hydrogen-bond donors (Lipinski definition) is 19. The van der Waals surface area contributed by atoms with Crippen LogP contribution in [0.4, 0.5) is 0 Å². The van der Waals surface area contributed by atoms with Gasteiger partial charge in [0.2, 0.25) is 53.4 Å². The minimum atomic E-state index is -2.33. The van der Waals surface area contributed by atoms with Crippen LogP contribution in [-0.4, -0.2) is 210 Å². The number of aromatic hydroxyl groups is 3. The van der Waals surface area contributed by atoms with Crippen LogP contribution in [-0.2, 0) is 73.4 Å². The maximum atomic E-state index is 16.1. The quantitative estimate of drug-likeness (QED) is 0.0546. The number of hydrogen-bond acceptors (Lipinski definition) is 28. The molecule has 13 rings (SSSR count). The van der Waals surface area contributed by atoms with E-state index < -0.39 is 260 Å². The number of ether oxygens (including phenoxy) is 8. The topological polar surface area (TPSA) is 566 Å². The largest absolute Gasteiger partial charge is 0.508 e. The van der Waals surface area contributed by atoms with Crippen molar-refractivity contribution in [2.45, 2.75) is 169 Å². The second-order valence-corrected chi connectivity index (χ2v) is 30.0. The van der Waals surface area contributed by atoms with Gasteiger partial charge in [-0.25, -0.2) is 9.59 Å². The van der Waals surface area contributed by atoms with Gasteiger partial charge in [0.15, 0.2) is 36.0 Å². The van der Waals surface area contributed by atoms with Crippen molar-refractivity contribution in [2.75, 3.05) is 20.3 Å². The summed E-state index contributed by atoms with van der Waals surface area (Å²) in [6, 6.07) is 5.40. The summed E-state index contributed by atoms with van der Waals surface area (Å²) in [5, 5.41) is 133. The Labute approximate surface area is 669 Å². The van der Waals surface area contributed by atoms with Crippen LogP contribution in [0.15, 0.2) is 103 Å². The lowest BCUT2D eigenvalue weighted by atomic mass is 9.84. The van der Waals surface area contributed by atoms with E-state index in [0.717, 1.165) is 79.9 Å². The Morgan fingerprint density at radius 3 is 1.94 bits per heavy atom. The number of carboxylic acids is 1. The monoisotopic (exact) mass is 1660 g/mol. The Morgan fingerprint density at radius 1 is 0.704 bits per heavy atom. The third kappa shape index (κ3) is 19.2. The third-order valence-corrected chi connectivity index (χ3v) is 20.8. The number of aliphatic hydroxyl groups is 6. The van der Waals surface area contributed by atoms with Gasteiger partial charge in [-0.2, -0.15) is 0 Å². The highest BCUT2D eigenvalue weighted by Gasteiger charge is 2.52. The maximum Gasteiger partial charge on any atom is 0.336 e. The Bertz CT molecular complexity index is 4720. The Kier molecular flexibility index (Phi) is 26.7. The molecule has 2 saturated heterocycles. The standard InChI is InChI=1S/C76H84Cl3N9O27/c1-29(2)16-42(80)68(100)87-58-60(94)33-9-14-46(40(78)18-33)111-48-20-35-21-49(64(48)115-75-65(63(97)62(96)51(27-89)113-75)114-53-25-76(4,66(98)30(3)110-53)82-26-50(74(107)108-5)109-28-31-6-11-36(77)12-7-31)112-47-15-10-34(19-41(47)79)61(95)59-72(104)86-57(73(105)106)39-22-37(90)23-45(92)54(39)38-17-32(8-13-44(38)91)55(69(101)88-59)85-70(102)56(35)84-52(93)24-43(67(81)99)83-71(58)103/h6-15,17-23,29-30,42-43,50-51,53,55-63,65-66,75,82,89-92,94-98H,16,24-28,80H2,1-5H3,(H2,81,99)(H,83,103)(H,84,93)(H,85,102)(H,86,104)(H,87,100)(H,88,101)(H,105,106)/t30?,42-,43?,50?,51?,53?,55?,56?,57?,58+,59+,60?,61-,62?,63?,65?,66?,75?,76?/m1/s1. The van der Waals surface area contributed by atoms with Crippen LogP contribution in [0.2, 0.25) is 15.1 Å². The lowest BCUT2D eigenvalue weighted by Gasteiger charge is -2.48. The number of carbonyl (C=O) groups excluding carboxylic acids is 8. The summed E-state index contributed by atoms with van der Waals surface area (Å²) in [5.41, 5.74) is 8.32. The maximum absolute atomic E-state index is 16.1. The summed E-state index contributed by atoms with van der Waals surface area (Å²) in [5.74, 6) is -17.4. The molecule has 15 unspecified atom stereocenters. The molecule has 11 bridgehead atoms. The summed E-state index contributed by atoms with van der Waals surface area (Å²) in [6.45, 7) is 5.16. The molecule has 36 nitrogen and oxygen atoms in total. The zero-order valence-electron chi connectivity index (χ0n) is 61.7. The molecule has 21 N–H and O–H groups in total. The number of nitrogens with one attached hydrogen (secondary N) is 7. The summed E-state index contributed by atoms with van der Waals surface area (Å²) >= 11 is 20.3. The molecule has 39 heteroatoms. The van der Waals surface area contributed by atoms with Crippen LogP contribution in [0.25, 0.3) is 11.1 Å². The molecule has 0 spiro atoms. The molecule has 6 aromatic carbocycles. The summed E-state index contributed by atoms with van der Waals surface area (Å²) in [4.78, 5) is 130. The molecular weight excluding hydrogens is 1580 g/mol. The van der Waals surface area contributed by atoms with Crippen molar-refractivity contribution in [1.82, 2.24) is 37.2 Å². The molecule has 7 heterocycles. The highest BCUT2D eigenvalue weighted by atomic mass is 35.5. The average molecular weight is 1660 g/mol. The van der Waals surface area contributed by atoms with Crippen LogP contribution >= 0.6 is 34.8 Å². The van der Waals surface area contributed by atoms with Crippen LogP contribution < -0.4 is 62.9 Å². The van der Waals surface area contributed by atoms with Crippen molar-refractivity contribution < 1.29 is 132 Å². The molecule has 0 aromatic heterocycles. The van der Waals surface area contributed by atoms with E-state index in [9.17, 15) is 79.8 Å². The van der Waals surface area contributed by atoms with Crippen LogP contribution in [0, 0.1) is 5.92 Å². The number of carboxylic acid groups (broad SMARTS) is 1. The molecule has 7 aliphatic rings. The lowest BCUT2D eigenvalue weighted by Crippen LogP contribution is -2.66. The predicted octanol–water partition coefficient (Wildman–Crippen LogP) is 1.89. The molecule has 0 saturated carbocycles. The molecule has 6 aromatic rings. The molecule has 7 aliphatic heterocycles. The van der Waals surface area contributed by atoms with Gasteiger partial charge in [-0.05, 0) is 121 Å². The molecule has 7 amide bonds. The van der Waals surface area contributed by atoms with E-state index in [1.54, 1.807) is 45.0 Å². The number of carbonyl (C=O) groups is 9. The molecule has 115 heavy (non-hydrogen) atoms. The fourth-order valence-electron chi connectivity index (χ4n) is 13.9. The van der Waals surface area contributed by atoms with E-state index in [0.29, 0.717) is 10.6 Å². The number of phenolic OH excluding ortho intramolecular Hbond substituents is 3. The van der Waals surface area contributed by atoms with Gasteiger partial charge in [-0.15, -0.1) is 0 Å². The number of aliphatic hydroxyl groups excluding tert-OH is 6. The van der Waals surface area contributed by atoms with E-state index in [1.165, 1.54) is 13.0 Å². The van der Waals surface area contributed by atoms with E-state index >= 15 is 14.4 Å². The number of benzene rings is 6. The predicted molar refractivity (Wildman–Crippen MR) is 400 cm³/mol. The van der Waals surface area contributed by atoms with E-state index in [4.69, 9.17) is 84.2 Å². The summed E-state index contributed by atoms with van der Waals surface area (Å²) in [6.07, 6.45) is -21.2. The molecule has 0 radical (unpaired) electrons. The third-order valence-electron chi connectivity index (χ3n) is 20.0.